The van der Waals surface area contributed by atoms with Crippen molar-refractivity contribution in [1.82, 2.24) is 0 Å². The largest absolute Gasteiger partial charge is 0.462 e. The molecule has 0 amide bonds. The molecular formula is C14H16N2O2. The molecule has 1 N–H and O–H groups in total. The number of hydrogen-bond donors (Lipinski definition) is 1. The van der Waals surface area contributed by atoms with Crippen molar-refractivity contribution in [2.45, 2.75) is 20.8 Å². The Kier molecular flexibility index (Phi) is 4.94. The van der Waals surface area contributed by atoms with Crippen LogP contribution in [-0.4, -0.2) is 12.6 Å². The monoisotopic (exact) mass is 244 g/mol. The van der Waals surface area contributed by atoms with Gasteiger partial charge in [0.05, 0.1) is 6.61 Å². The predicted octanol–water partition coefficient (Wildman–Crippen LogP) is 2.69. The number of rotatable bonds is 4. The van der Waals surface area contributed by atoms with Gasteiger partial charge in [0.15, 0.2) is 5.57 Å². The molecule has 0 aliphatic heterocycles. The van der Waals surface area contributed by atoms with Crippen molar-refractivity contribution in [1.29, 1.82) is 5.26 Å². The van der Waals surface area contributed by atoms with Crippen LogP contribution in [0.25, 0.3) is 0 Å². The smallest absolute Gasteiger partial charge is 0.350 e. The van der Waals surface area contributed by atoms with Crippen LogP contribution in [0.4, 0.5) is 5.69 Å². The van der Waals surface area contributed by atoms with E-state index in [1.54, 1.807) is 6.92 Å². The van der Waals surface area contributed by atoms with Crippen LogP contribution in [0.2, 0.25) is 0 Å². The second-order valence-electron chi connectivity index (χ2n) is 3.78. The van der Waals surface area contributed by atoms with Crippen LogP contribution >= 0.6 is 0 Å². The van der Waals surface area contributed by atoms with Crippen LogP contribution in [0.5, 0.6) is 0 Å². The molecule has 1 rings (SSSR count). The van der Waals surface area contributed by atoms with Gasteiger partial charge in [-0.3, -0.25) is 0 Å². The maximum Gasteiger partial charge on any atom is 0.350 e. The number of carbonyl (C=O) groups is 1. The molecule has 0 heterocycles. The van der Waals surface area contributed by atoms with Crippen LogP contribution in [0, 0.1) is 25.2 Å². The summed E-state index contributed by atoms with van der Waals surface area (Å²) in [6, 6.07) is 7.62. The van der Waals surface area contributed by atoms with Crippen molar-refractivity contribution < 1.29 is 9.53 Å². The number of ether oxygens (including phenoxy) is 1. The van der Waals surface area contributed by atoms with Gasteiger partial charge in [0.1, 0.15) is 6.07 Å². The molecule has 0 atom stereocenters. The van der Waals surface area contributed by atoms with E-state index in [9.17, 15) is 4.79 Å². The molecule has 0 saturated carbocycles. The number of nitriles is 1. The first-order valence-electron chi connectivity index (χ1n) is 5.70. The Morgan fingerprint density at radius 2 is 2.22 bits per heavy atom. The lowest BCUT2D eigenvalue weighted by Gasteiger charge is -2.08. The van der Waals surface area contributed by atoms with E-state index in [-0.39, 0.29) is 12.2 Å². The minimum Gasteiger partial charge on any atom is -0.462 e. The summed E-state index contributed by atoms with van der Waals surface area (Å²) < 4.78 is 4.77. The van der Waals surface area contributed by atoms with E-state index in [1.807, 2.05) is 38.1 Å². The fourth-order valence-corrected chi connectivity index (χ4v) is 1.40. The van der Waals surface area contributed by atoms with Crippen molar-refractivity contribution in [3.63, 3.8) is 0 Å². The summed E-state index contributed by atoms with van der Waals surface area (Å²) in [6.07, 6.45) is 1.37. The molecule has 94 valence electrons. The lowest BCUT2D eigenvalue weighted by molar-refractivity contribution is -0.138. The van der Waals surface area contributed by atoms with E-state index >= 15 is 0 Å². The molecule has 4 heteroatoms. The first kappa shape index (κ1) is 13.8. The second-order valence-corrected chi connectivity index (χ2v) is 3.78. The van der Waals surface area contributed by atoms with E-state index in [4.69, 9.17) is 10.00 Å². The number of anilines is 1. The van der Waals surface area contributed by atoms with Gasteiger partial charge < -0.3 is 10.1 Å². The normalized spacial score (nSPS) is 10.7. The lowest BCUT2D eigenvalue weighted by atomic mass is 10.1. The Hall–Kier alpha value is -2.28. The standard InChI is InChI=1S/C14H16N2O2/c1-4-18-14(17)12(8-15)9-16-13-7-5-6-10(2)11(13)3/h5-7,9,16H,4H2,1-3H3/b12-9+. The summed E-state index contributed by atoms with van der Waals surface area (Å²) >= 11 is 0. The average molecular weight is 244 g/mol. The summed E-state index contributed by atoms with van der Waals surface area (Å²) in [5, 5.41) is 11.8. The molecule has 0 aliphatic carbocycles. The molecule has 0 spiro atoms. The van der Waals surface area contributed by atoms with Crippen molar-refractivity contribution in [3.8, 4) is 6.07 Å². The number of carbonyl (C=O) groups excluding carboxylic acids is 1. The van der Waals surface area contributed by atoms with Crippen molar-refractivity contribution in [3.05, 3.63) is 41.1 Å². The van der Waals surface area contributed by atoms with Crippen LogP contribution in [-0.2, 0) is 9.53 Å². The average Bonchev–Trinajstić information content (AvgIpc) is 2.35. The zero-order chi connectivity index (χ0) is 13.5. The zero-order valence-corrected chi connectivity index (χ0v) is 10.8. The van der Waals surface area contributed by atoms with E-state index in [0.29, 0.717) is 0 Å². The van der Waals surface area contributed by atoms with E-state index in [0.717, 1.165) is 16.8 Å². The molecule has 4 nitrogen and oxygen atoms in total. The fourth-order valence-electron chi connectivity index (χ4n) is 1.40. The van der Waals surface area contributed by atoms with E-state index < -0.39 is 5.97 Å². The van der Waals surface area contributed by atoms with Gasteiger partial charge in [-0.1, -0.05) is 12.1 Å². The number of aryl methyl sites for hydroxylation is 1. The first-order chi connectivity index (χ1) is 8.60. The van der Waals surface area contributed by atoms with Crippen molar-refractivity contribution in [2.24, 2.45) is 0 Å². The second kappa shape index (κ2) is 6.45. The Morgan fingerprint density at radius 1 is 1.50 bits per heavy atom. The molecule has 0 unspecified atom stereocenters. The molecule has 18 heavy (non-hydrogen) atoms. The number of benzene rings is 1. The van der Waals surface area contributed by atoms with Gasteiger partial charge in [0.2, 0.25) is 0 Å². The van der Waals surface area contributed by atoms with Gasteiger partial charge in [0.25, 0.3) is 0 Å². The number of hydrogen-bond acceptors (Lipinski definition) is 4. The van der Waals surface area contributed by atoms with Gasteiger partial charge in [-0.2, -0.15) is 5.26 Å². The molecule has 0 aromatic heterocycles. The molecule has 0 saturated heterocycles. The number of nitrogens with one attached hydrogen (secondary N) is 1. The molecule has 0 bridgehead atoms. The lowest BCUT2D eigenvalue weighted by Crippen LogP contribution is -2.08. The Morgan fingerprint density at radius 3 is 2.83 bits per heavy atom. The predicted molar refractivity (Wildman–Crippen MR) is 69.9 cm³/mol. The summed E-state index contributed by atoms with van der Waals surface area (Å²) in [4.78, 5) is 11.4. The third-order valence-corrected chi connectivity index (χ3v) is 2.59. The first-order valence-corrected chi connectivity index (χ1v) is 5.70. The molecular weight excluding hydrogens is 228 g/mol. The highest BCUT2D eigenvalue weighted by atomic mass is 16.5. The Bertz CT molecular complexity index is 513. The minimum absolute atomic E-state index is 0.0437. The van der Waals surface area contributed by atoms with Gasteiger partial charge in [0, 0.05) is 11.9 Å². The molecule has 0 aliphatic rings. The quantitative estimate of drug-likeness (QED) is 0.502. The Balaban J connectivity index is 2.87. The third-order valence-electron chi connectivity index (χ3n) is 2.59. The van der Waals surface area contributed by atoms with Crippen LogP contribution < -0.4 is 5.32 Å². The molecule has 1 aromatic carbocycles. The maximum absolute atomic E-state index is 11.4. The number of nitrogens with zero attached hydrogens (tertiary/aromatic N) is 1. The topological polar surface area (TPSA) is 62.1 Å². The van der Waals surface area contributed by atoms with E-state index in [2.05, 4.69) is 5.32 Å². The maximum atomic E-state index is 11.4. The highest BCUT2D eigenvalue weighted by Crippen LogP contribution is 2.18. The summed E-state index contributed by atoms with van der Waals surface area (Å²) in [5.74, 6) is -0.613. The molecule has 0 fully saturated rings. The summed E-state index contributed by atoms with van der Waals surface area (Å²) in [7, 11) is 0. The summed E-state index contributed by atoms with van der Waals surface area (Å²) in [6.45, 7) is 5.93. The number of esters is 1. The van der Waals surface area contributed by atoms with Crippen molar-refractivity contribution in [2.75, 3.05) is 11.9 Å². The SMILES string of the molecule is CCOC(=O)/C(C#N)=C/Nc1cccc(C)c1C. The van der Waals surface area contributed by atoms with E-state index in [1.165, 1.54) is 6.20 Å². The van der Waals surface area contributed by atoms with Crippen LogP contribution in [0.1, 0.15) is 18.1 Å². The summed E-state index contributed by atoms with van der Waals surface area (Å²) in [5.41, 5.74) is 3.04. The highest BCUT2D eigenvalue weighted by Gasteiger charge is 2.09. The fraction of sp³-hybridized carbons (Fsp3) is 0.286. The van der Waals surface area contributed by atoms with Gasteiger partial charge in [-0.05, 0) is 38.0 Å². The zero-order valence-electron chi connectivity index (χ0n) is 10.8. The van der Waals surface area contributed by atoms with Crippen LogP contribution in [0.3, 0.4) is 0 Å². The van der Waals surface area contributed by atoms with Gasteiger partial charge in [-0.25, -0.2) is 4.79 Å². The molecule has 0 radical (unpaired) electrons. The molecule has 1 aromatic rings. The third kappa shape index (κ3) is 3.36. The highest BCUT2D eigenvalue weighted by molar-refractivity contribution is 5.93. The van der Waals surface area contributed by atoms with Crippen molar-refractivity contribution >= 4 is 11.7 Å². The van der Waals surface area contributed by atoms with Gasteiger partial charge >= 0.3 is 5.97 Å². The van der Waals surface area contributed by atoms with Gasteiger partial charge in [-0.15, -0.1) is 0 Å². The Labute approximate surface area is 107 Å². The van der Waals surface area contributed by atoms with Crippen LogP contribution in [0.15, 0.2) is 30.0 Å². The minimum atomic E-state index is -0.613.